The van der Waals surface area contributed by atoms with Gasteiger partial charge in [-0.3, -0.25) is 4.79 Å². The molecule has 2 aliphatic heterocycles. The Kier molecular flexibility index (Phi) is 4.25. The Hall–Kier alpha value is -4.06. The number of fused-ring (bicyclic) bond motifs is 2. The van der Waals surface area contributed by atoms with Gasteiger partial charge >= 0.3 is 5.97 Å². The number of ketones is 1. The predicted octanol–water partition coefficient (Wildman–Crippen LogP) is 4.82. The molecule has 30 heavy (non-hydrogen) atoms. The number of hydrogen-bond donors (Lipinski definition) is 0. The van der Waals surface area contributed by atoms with Crippen molar-refractivity contribution >= 4 is 17.8 Å². The fourth-order valence-electron chi connectivity index (χ4n) is 3.36. The van der Waals surface area contributed by atoms with E-state index in [1.807, 2.05) is 37.3 Å². The maximum absolute atomic E-state index is 12.8. The average molecular weight is 400 g/mol. The van der Waals surface area contributed by atoms with Crippen LogP contribution < -0.4 is 14.2 Å². The first kappa shape index (κ1) is 18.0. The zero-order chi connectivity index (χ0) is 20.7. The Morgan fingerprint density at radius 3 is 2.77 bits per heavy atom. The molecular formula is C24H16O6. The maximum atomic E-state index is 12.8. The minimum absolute atomic E-state index is 0.0894. The van der Waals surface area contributed by atoms with E-state index in [2.05, 4.69) is 0 Å². The van der Waals surface area contributed by atoms with Gasteiger partial charge in [-0.1, -0.05) is 18.2 Å². The van der Waals surface area contributed by atoms with E-state index in [0.717, 1.165) is 16.9 Å². The number of ether oxygens (including phenoxy) is 3. The molecule has 0 aliphatic carbocycles. The van der Waals surface area contributed by atoms with E-state index in [0.29, 0.717) is 11.3 Å². The lowest BCUT2D eigenvalue weighted by atomic mass is 10.0. The van der Waals surface area contributed by atoms with Gasteiger partial charge in [-0.15, -0.1) is 0 Å². The van der Waals surface area contributed by atoms with Crippen molar-refractivity contribution < 1.29 is 28.2 Å². The molecule has 0 saturated carbocycles. The van der Waals surface area contributed by atoms with Crippen molar-refractivity contribution in [1.29, 1.82) is 0 Å². The monoisotopic (exact) mass is 400 g/mol. The maximum Gasteiger partial charge on any atom is 0.379 e. The van der Waals surface area contributed by atoms with Crippen LogP contribution in [-0.4, -0.2) is 17.9 Å². The highest BCUT2D eigenvalue weighted by atomic mass is 16.5. The van der Waals surface area contributed by atoms with Crippen molar-refractivity contribution in [2.45, 2.75) is 13.0 Å². The van der Waals surface area contributed by atoms with Gasteiger partial charge in [-0.05, 0) is 55.0 Å². The van der Waals surface area contributed by atoms with Crippen molar-refractivity contribution in [2.24, 2.45) is 0 Å². The first-order valence-electron chi connectivity index (χ1n) is 9.40. The number of carbonyl (C=O) groups is 2. The highest BCUT2D eigenvalue weighted by Crippen LogP contribution is 2.36. The summed E-state index contributed by atoms with van der Waals surface area (Å²) in [5, 5.41) is 0. The van der Waals surface area contributed by atoms with E-state index in [-0.39, 0.29) is 29.2 Å². The van der Waals surface area contributed by atoms with Crippen LogP contribution >= 0.6 is 0 Å². The summed E-state index contributed by atoms with van der Waals surface area (Å²) in [4.78, 5) is 24.8. The summed E-state index contributed by atoms with van der Waals surface area (Å²) in [6.45, 7) is 1.91. The number of Topliss-reactive ketones (excluding diaryl/α,β-unsaturated/α-hetero) is 1. The van der Waals surface area contributed by atoms with Gasteiger partial charge in [0.25, 0.3) is 0 Å². The molecule has 5 rings (SSSR count). The van der Waals surface area contributed by atoms with Crippen LogP contribution in [0.25, 0.3) is 6.08 Å². The van der Waals surface area contributed by atoms with E-state index in [1.165, 1.54) is 18.4 Å². The first-order chi connectivity index (χ1) is 14.6. The molecule has 6 heteroatoms. The van der Waals surface area contributed by atoms with Gasteiger partial charge in [0.2, 0.25) is 11.5 Å². The molecule has 0 spiro atoms. The lowest BCUT2D eigenvalue weighted by Crippen LogP contribution is -2.18. The van der Waals surface area contributed by atoms with E-state index in [9.17, 15) is 9.59 Å². The number of rotatable bonds is 3. The fraction of sp³-hybridized carbons (Fsp3) is 0.0833. The zero-order valence-corrected chi connectivity index (χ0v) is 16.0. The summed E-state index contributed by atoms with van der Waals surface area (Å²) >= 11 is 0. The highest BCUT2D eigenvalue weighted by Gasteiger charge is 2.29. The lowest BCUT2D eigenvalue weighted by molar-refractivity contribution is 0.0701. The molecule has 3 heterocycles. The number of allylic oxidation sites excluding steroid dienone is 1. The molecule has 0 unspecified atom stereocenters. The Bertz CT molecular complexity index is 1220. The van der Waals surface area contributed by atoms with Gasteiger partial charge < -0.3 is 18.6 Å². The number of furan rings is 1. The zero-order valence-electron chi connectivity index (χ0n) is 16.0. The van der Waals surface area contributed by atoms with Crippen molar-refractivity contribution in [3.05, 3.63) is 95.2 Å². The summed E-state index contributed by atoms with van der Waals surface area (Å²) in [6.07, 6.45) is 4.84. The third-order valence-corrected chi connectivity index (χ3v) is 4.89. The van der Waals surface area contributed by atoms with Gasteiger partial charge in [0, 0.05) is 11.6 Å². The average Bonchev–Trinajstić information content (AvgIpc) is 3.38. The molecule has 0 amide bonds. The Morgan fingerprint density at radius 2 is 1.93 bits per heavy atom. The number of benzene rings is 2. The van der Waals surface area contributed by atoms with E-state index in [1.54, 1.807) is 24.3 Å². The largest absolute Gasteiger partial charge is 0.485 e. The second-order valence-electron chi connectivity index (χ2n) is 6.91. The minimum atomic E-state index is -0.628. The molecule has 3 aromatic rings. The summed E-state index contributed by atoms with van der Waals surface area (Å²) in [7, 11) is 0. The second-order valence-corrected chi connectivity index (χ2v) is 6.91. The van der Waals surface area contributed by atoms with Crippen LogP contribution in [0.3, 0.4) is 0 Å². The van der Waals surface area contributed by atoms with E-state index < -0.39 is 5.97 Å². The standard InChI is InChI=1S/C24H16O6/c1-14-16(11-15-5-2-3-6-19(15)28-14)12-22-23(25)18-9-8-17(13-21(18)30-22)29-24(26)20-7-4-10-27-20/h2-14H,1H3/b22-12+/t14-/m0/s1. The van der Waals surface area contributed by atoms with Gasteiger partial charge in [-0.2, -0.15) is 0 Å². The fourth-order valence-corrected chi connectivity index (χ4v) is 3.36. The number of hydrogen-bond acceptors (Lipinski definition) is 6. The third kappa shape index (κ3) is 3.18. The molecule has 0 radical (unpaired) electrons. The molecule has 1 aromatic heterocycles. The Labute approximate surface area is 172 Å². The number of esters is 1. The van der Waals surface area contributed by atoms with Crippen LogP contribution in [-0.2, 0) is 0 Å². The predicted molar refractivity (Wildman–Crippen MR) is 108 cm³/mol. The molecule has 2 aromatic carbocycles. The van der Waals surface area contributed by atoms with Crippen LogP contribution in [0.15, 0.2) is 82.7 Å². The molecule has 1 atom stereocenters. The summed E-state index contributed by atoms with van der Waals surface area (Å²) in [5.41, 5.74) is 2.18. The normalized spacial score (nSPS) is 18.2. The minimum Gasteiger partial charge on any atom is -0.485 e. The summed E-state index contributed by atoms with van der Waals surface area (Å²) in [5.74, 6) is 0.815. The summed E-state index contributed by atoms with van der Waals surface area (Å²) < 4.78 is 22.0. The topological polar surface area (TPSA) is 75.0 Å². The molecule has 0 fully saturated rings. The van der Waals surface area contributed by atoms with Gasteiger partial charge in [-0.25, -0.2) is 4.79 Å². The molecular weight excluding hydrogens is 384 g/mol. The Balaban J connectivity index is 1.40. The third-order valence-electron chi connectivity index (χ3n) is 4.89. The van der Waals surface area contributed by atoms with Crippen LogP contribution in [0.4, 0.5) is 0 Å². The van der Waals surface area contributed by atoms with Crippen LogP contribution in [0.5, 0.6) is 17.2 Å². The van der Waals surface area contributed by atoms with Crippen LogP contribution in [0.1, 0.15) is 33.4 Å². The van der Waals surface area contributed by atoms with Crippen LogP contribution in [0, 0.1) is 0 Å². The number of carbonyl (C=O) groups excluding carboxylic acids is 2. The molecule has 0 saturated heterocycles. The molecule has 0 N–H and O–H groups in total. The van der Waals surface area contributed by atoms with Crippen molar-refractivity contribution in [2.75, 3.05) is 0 Å². The first-order valence-corrected chi connectivity index (χ1v) is 9.40. The Morgan fingerprint density at radius 1 is 1.07 bits per heavy atom. The highest BCUT2D eigenvalue weighted by molar-refractivity contribution is 6.12. The van der Waals surface area contributed by atoms with E-state index >= 15 is 0 Å². The second kappa shape index (κ2) is 7.08. The number of para-hydroxylation sites is 1. The smallest absolute Gasteiger partial charge is 0.379 e. The lowest BCUT2D eigenvalue weighted by Gasteiger charge is -2.22. The van der Waals surface area contributed by atoms with Crippen molar-refractivity contribution in [3.8, 4) is 17.2 Å². The SMILES string of the molecule is C[C@@H]1Oc2ccccc2C=C1/C=C1/Oc2cc(OC(=O)c3ccco3)ccc2C1=O. The van der Waals surface area contributed by atoms with Gasteiger partial charge in [0.1, 0.15) is 23.4 Å². The molecule has 0 bridgehead atoms. The van der Waals surface area contributed by atoms with E-state index in [4.69, 9.17) is 18.6 Å². The molecule has 148 valence electrons. The molecule has 2 aliphatic rings. The van der Waals surface area contributed by atoms with Crippen LogP contribution in [0.2, 0.25) is 0 Å². The van der Waals surface area contributed by atoms with Crippen molar-refractivity contribution in [1.82, 2.24) is 0 Å². The van der Waals surface area contributed by atoms with Gasteiger partial charge in [0.15, 0.2) is 5.76 Å². The summed E-state index contributed by atoms with van der Waals surface area (Å²) in [6, 6.07) is 15.4. The van der Waals surface area contributed by atoms with Crippen molar-refractivity contribution in [3.63, 3.8) is 0 Å². The van der Waals surface area contributed by atoms with Gasteiger partial charge in [0.05, 0.1) is 11.8 Å². The molecule has 6 nitrogen and oxygen atoms in total. The quantitative estimate of drug-likeness (QED) is 0.356.